The lowest BCUT2D eigenvalue weighted by molar-refractivity contribution is -0.385. The summed E-state index contributed by atoms with van der Waals surface area (Å²) in [6.45, 7) is -0.449. The van der Waals surface area contributed by atoms with E-state index >= 15 is 0 Å². The second-order valence-corrected chi connectivity index (χ2v) is 5.97. The highest BCUT2D eigenvalue weighted by atomic mass is 35.5. The van der Waals surface area contributed by atoms with Crippen LogP contribution in [0.15, 0.2) is 18.2 Å². The van der Waals surface area contributed by atoms with E-state index in [-0.39, 0.29) is 23.6 Å². The van der Waals surface area contributed by atoms with Crippen LogP contribution in [0.25, 0.3) is 0 Å². The summed E-state index contributed by atoms with van der Waals surface area (Å²) in [7, 11) is 1.41. The SMILES string of the molecule is COC1CC(C(=O)O)N(C(=O)CNC(=O)c2c(Cl)cccc2[N+](=O)[O-])C1. The van der Waals surface area contributed by atoms with Crippen molar-refractivity contribution in [2.24, 2.45) is 0 Å². The zero-order valence-corrected chi connectivity index (χ0v) is 14.4. The molecule has 26 heavy (non-hydrogen) atoms. The van der Waals surface area contributed by atoms with Gasteiger partial charge in [0.15, 0.2) is 0 Å². The number of aliphatic carboxylic acids is 1. The van der Waals surface area contributed by atoms with E-state index in [0.29, 0.717) is 0 Å². The van der Waals surface area contributed by atoms with E-state index in [0.717, 1.165) is 11.0 Å². The Bertz CT molecular complexity index is 755. The number of carbonyl (C=O) groups excluding carboxylic acids is 2. The molecule has 1 fully saturated rings. The van der Waals surface area contributed by atoms with Crippen molar-refractivity contribution in [3.8, 4) is 0 Å². The fourth-order valence-electron chi connectivity index (χ4n) is 2.71. The molecule has 2 atom stereocenters. The average molecular weight is 386 g/mol. The first kappa shape index (κ1) is 19.6. The highest BCUT2D eigenvalue weighted by Crippen LogP contribution is 2.26. The molecule has 1 aromatic carbocycles. The summed E-state index contributed by atoms with van der Waals surface area (Å²) in [4.78, 5) is 47.2. The third-order valence-electron chi connectivity index (χ3n) is 4.02. The molecule has 11 heteroatoms. The minimum Gasteiger partial charge on any atom is -0.480 e. The van der Waals surface area contributed by atoms with E-state index in [4.69, 9.17) is 16.3 Å². The molecule has 0 bridgehead atoms. The number of hydrogen-bond acceptors (Lipinski definition) is 6. The number of carboxylic acid groups (broad SMARTS) is 1. The molecule has 0 radical (unpaired) electrons. The molecule has 2 rings (SSSR count). The minimum absolute atomic E-state index is 0.0778. The van der Waals surface area contributed by atoms with Crippen LogP contribution in [0.3, 0.4) is 0 Å². The van der Waals surface area contributed by atoms with Crippen LogP contribution in [-0.2, 0) is 14.3 Å². The van der Waals surface area contributed by atoms with E-state index in [1.54, 1.807) is 0 Å². The first-order valence-electron chi connectivity index (χ1n) is 7.52. The molecule has 0 aliphatic carbocycles. The van der Waals surface area contributed by atoms with Crippen LogP contribution in [0.4, 0.5) is 5.69 Å². The number of halogens is 1. The largest absolute Gasteiger partial charge is 0.480 e. The molecule has 10 nitrogen and oxygen atoms in total. The molecular formula is C15H16ClN3O7. The monoisotopic (exact) mass is 385 g/mol. The van der Waals surface area contributed by atoms with Gasteiger partial charge in [0, 0.05) is 26.1 Å². The fraction of sp³-hybridized carbons (Fsp3) is 0.400. The number of likely N-dealkylation sites (tertiary alicyclic amines) is 1. The van der Waals surface area contributed by atoms with Crippen LogP contribution in [0.2, 0.25) is 5.02 Å². The van der Waals surface area contributed by atoms with Crippen molar-refractivity contribution in [3.63, 3.8) is 0 Å². The van der Waals surface area contributed by atoms with Gasteiger partial charge in [0.1, 0.15) is 11.6 Å². The Balaban J connectivity index is 2.09. The number of nitrogens with zero attached hydrogens (tertiary/aromatic N) is 2. The van der Waals surface area contributed by atoms with Crippen molar-refractivity contribution in [2.75, 3.05) is 20.2 Å². The summed E-state index contributed by atoms with van der Waals surface area (Å²) in [5.74, 6) is -2.71. The van der Waals surface area contributed by atoms with E-state index in [9.17, 15) is 29.6 Å². The zero-order valence-electron chi connectivity index (χ0n) is 13.7. The lowest BCUT2D eigenvalue weighted by Crippen LogP contribution is -2.45. The number of ether oxygens (including phenoxy) is 1. The van der Waals surface area contributed by atoms with Crippen LogP contribution in [0, 0.1) is 10.1 Å². The van der Waals surface area contributed by atoms with E-state index in [1.165, 1.54) is 19.2 Å². The second kappa shape index (κ2) is 8.11. The molecule has 2 amide bonds. The normalized spacial score (nSPS) is 19.2. The highest BCUT2D eigenvalue weighted by Gasteiger charge is 2.39. The number of nitrogens with one attached hydrogen (secondary N) is 1. The van der Waals surface area contributed by atoms with Crippen molar-refractivity contribution in [3.05, 3.63) is 38.9 Å². The first-order valence-corrected chi connectivity index (χ1v) is 7.90. The van der Waals surface area contributed by atoms with Crippen molar-refractivity contribution in [2.45, 2.75) is 18.6 Å². The zero-order chi connectivity index (χ0) is 19.4. The molecule has 2 N–H and O–H groups in total. The molecule has 0 aromatic heterocycles. The van der Waals surface area contributed by atoms with Gasteiger partial charge in [-0.2, -0.15) is 0 Å². The van der Waals surface area contributed by atoms with Crippen molar-refractivity contribution < 1.29 is 29.2 Å². The van der Waals surface area contributed by atoms with Gasteiger partial charge in [0.05, 0.1) is 22.6 Å². The summed E-state index contributed by atoms with van der Waals surface area (Å²) in [5, 5.41) is 22.4. The summed E-state index contributed by atoms with van der Waals surface area (Å²) in [6.07, 6.45) is -0.276. The molecule has 1 aliphatic rings. The van der Waals surface area contributed by atoms with Crippen molar-refractivity contribution in [1.82, 2.24) is 10.2 Å². The number of carbonyl (C=O) groups is 3. The topological polar surface area (TPSA) is 139 Å². The number of methoxy groups -OCH3 is 1. The Morgan fingerprint density at radius 2 is 2.15 bits per heavy atom. The van der Waals surface area contributed by atoms with E-state index in [2.05, 4.69) is 5.32 Å². The number of rotatable bonds is 6. The van der Waals surface area contributed by atoms with Crippen LogP contribution in [0.1, 0.15) is 16.8 Å². The van der Waals surface area contributed by atoms with Gasteiger partial charge in [0.2, 0.25) is 5.91 Å². The molecule has 1 heterocycles. The van der Waals surface area contributed by atoms with Crippen LogP contribution in [0.5, 0.6) is 0 Å². The fourth-order valence-corrected chi connectivity index (χ4v) is 2.97. The maximum atomic E-state index is 12.3. The summed E-state index contributed by atoms with van der Waals surface area (Å²) in [6, 6.07) is 2.70. The number of amides is 2. The van der Waals surface area contributed by atoms with Gasteiger partial charge in [0.25, 0.3) is 11.6 Å². The Morgan fingerprint density at radius 3 is 2.73 bits per heavy atom. The highest BCUT2D eigenvalue weighted by molar-refractivity contribution is 6.34. The third-order valence-corrected chi connectivity index (χ3v) is 4.33. The van der Waals surface area contributed by atoms with Gasteiger partial charge < -0.3 is 20.1 Å². The third kappa shape index (κ3) is 4.09. The smallest absolute Gasteiger partial charge is 0.326 e. The Labute approximate surface area is 152 Å². The number of benzene rings is 1. The second-order valence-electron chi connectivity index (χ2n) is 5.57. The number of nitro groups is 1. The molecule has 140 valence electrons. The standard InChI is InChI=1S/C15H16ClN3O7/c1-26-8-5-11(15(22)23)18(7-8)12(20)6-17-14(21)13-9(16)3-2-4-10(13)19(24)25/h2-4,8,11H,5-7H2,1H3,(H,17,21)(H,22,23). The van der Waals surface area contributed by atoms with Gasteiger partial charge in [-0.1, -0.05) is 17.7 Å². The van der Waals surface area contributed by atoms with Crippen LogP contribution in [-0.4, -0.2) is 65.1 Å². The number of hydrogen-bond donors (Lipinski definition) is 2. The quantitative estimate of drug-likeness (QED) is 0.542. The lowest BCUT2D eigenvalue weighted by Gasteiger charge is -2.21. The summed E-state index contributed by atoms with van der Waals surface area (Å²) in [5.41, 5.74) is -0.857. The predicted molar refractivity (Wildman–Crippen MR) is 89.0 cm³/mol. The Kier molecular flexibility index (Phi) is 6.11. The van der Waals surface area contributed by atoms with Crippen LogP contribution >= 0.6 is 11.6 Å². The van der Waals surface area contributed by atoms with Gasteiger partial charge >= 0.3 is 5.97 Å². The van der Waals surface area contributed by atoms with Crippen molar-refractivity contribution >= 4 is 35.1 Å². The van der Waals surface area contributed by atoms with Crippen LogP contribution < -0.4 is 5.32 Å². The molecular weight excluding hydrogens is 370 g/mol. The van der Waals surface area contributed by atoms with Crippen molar-refractivity contribution in [1.29, 1.82) is 0 Å². The van der Waals surface area contributed by atoms with E-state index in [1.807, 2.05) is 0 Å². The Morgan fingerprint density at radius 1 is 1.46 bits per heavy atom. The molecule has 1 saturated heterocycles. The van der Waals surface area contributed by atoms with Gasteiger partial charge in [-0.05, 0) is 6.07 Å². The van der Waals surface area contributed by atoms with Gasteiger partial charge in [-0.25, -0.2) is 4.79 Å². The Hall–Kier alpha value is -2.72. The molecule has 1 aromatic rings. The molecule has 2 unspecified atom stereocenters. The summed E-state index contributed by atoms with van der Waals surface area (Å²) < 4.78 is 5.09. The summed E-state index contributed by atoms with van der Waals surface area (Å²) >= 11 is 5.86. The predicted octanol–water partition coefficient (Wildman–Crippen LogP) is 0.678. The molecule has 0 saturated carbocycles. The van der Waals surface area contributed by atoms with Gasteiger partial charge in [-0.15, -0.1) is 0 Å². The maximum absolute atomic E-state index is 12.3. The first-order chi connectivity index (χ1) is 12.3. The average Bonchev–Trinajstić information content (AvgIpc) is 3.04. The number of carboxylic acids is 1. The van der Waals surface area contributed by atoms with E-state index < -0.39 is 47.1 Å². The number of nitro benzene ring substituents is 1. The molecule has 0 spiro atoms. The lowest BCUT2D eigenvalue weighted by atomic mass is 10.1. The molecule has 1 aliphatic heterocycles. The maximum Gasteiger partial charge on any atom is 0.326 e. The minimum atomic E-state index is -1.18. The van der Waals surface area contributed by atoms with Gasteiger partial charge in [-0.3, -0.25) is 19.7 Å².